The number of sulfonamides is 1. The smallest absolute Gasteiger partial charge is 0.260 e. The molecule has 0 saturated carbocycles. The number of aromatic nitrogens is 3. The molecule has 0 radical (unpaired) electrons. The Bertz CT molecular complexity index is 1520. The molecule has 0 aliphatic rings. The maximum absolute atomic E-state index is 13.8. The second-order valence-corrected chi connectivity index (χ2v) is 11.7. The number of rotatable bonds is 11. The van der Waals surface area contributed by atoms with Crippen molar-refractivity contribution in [2.75, 3.05) is 31.1 Å². The van der Waals surface area contributed by atoms with Crippen LogP contribution in [-0.4, -0.2) is 59.6 Å². The molecule has 0 unspecified atom stereocenters. The van der Waals surface area contributed by atoms with Crippen molar-refractivity contribution in [3.8, 4) is 5.75 Å². The van der Waals surface area contributed by atoms with Crippen molar-refractivity contribution in [1.82, 2.24) is 19.1 Å². The normalized spacial score (nSPS) is 11.8. The van der Waals surface area contributed by atoms with Gasteiger partial charge in [0.25, 0.3) is 5.91 Å². The van der Waals surface area contributed by atoms with Crippen molar-refractivity contribution in [1.29, 1.82) is 0 Å². The topological polar surface area (TPSA) is 97.6 Å². The average Bonchev–Trinajstić information content (AvgIpc) is 3.47. The van der Waals surface area contributed by atoms with Crippen LogP contribution in [0, 0.1) is 13.8 Å². The molecule has 0 fully saturated rings. The molecule has 2 aromatic carbocycles. The molecule has 0 aliphatic carbocycles. The van der Waals surface area contributed by atoms with E-state index in [2.05, 4.69) is 5.10 Å². The molecule has 0 N–H and O–H groups in total. The summed E-state index contributed by atoms with van der Waals surface area (Å²) in [5.41, 5.74) is 3.00. The van der Waals surface area contributed by atoms with Gasteiger partial charge in [-0.15, -0.1) is 0 Å². The van der Waals surface area contributed by atoms with E-state index >= 15 is 0 Å². The van der Waals surface area contributed by atoms with Gasteiger partial charge in [-0.3, -0.25) is 14.4 Å². The SMILES string of the molecule is CCOc1cccc2sc(N(CCn3nc(C)cc3C)C(=O)c3ccc(S(=O)(=O)N(CC)CC)cc3)nc12. The van der Waals surface area contributed by atoms with Gasteiger partial charge in [-0.1, -0.05) is 31.3 Å². The molecular formula is C27H33N5O4S2. The van der Waals surface area contributed by atoms with Crippen LogP contribution in [0.2, 0.25) is 0 Å². The molecule has 2 aromatic heterocycles. The summed E-state index contributed by atoms with van der Waals surface area (Å²) in [6, 6.07) is 13.8. The fraction of sp³-hybridized carbons (Fsp3) is 0.370. The number of hydrogen-bond acceptors (Lipinski definition) is 7. The van der Waals surface area contributed by atoms with Gasteiger partial charge in [0.15, 0.2) is 5.13 Å². The van der Waals surface area contributed by atoms with Crippen LogP contribution in [-0.2, 0) is 16.6 Å². The molecule has 1 amide bonds. The van der Waals surface area contributed by atoms with E-state index in [1.54, 1.807) is 30.9 Å². The Balaban J connectivity index is 1.70. The number of carbonyl (C=O) groups is 1. The molecular weight excluding hydrogens is 522 g/mol. The highest BCUT2D eigenvalue weighted by Crippen LogP contribution is 2.35. The largest absolute Gasteiger partial charge is 0.492 e. The monoisotopic (exact) mass is 555 g/mol. The second-order valence-electron chi connectivity index (χ2n) is 8.75. The Morgan fingerprint density at radius 2 is 1.76 bits per heavy atom. The van der Waals surface area contributed by atoms with Crippen LogP contribution in [0.3, 0.4) is 0 Å². The van der Waals surface area contributed by atoms with Crippen LogP contribution in [0.1, 0.15) is 42.5 Å². The van der Waals surface area contributed by atoms with Crippen molar-refractivity contribution in [3.05, 3.63) is 65.5 Å². The van der Waals surface area contributed by atoms with E-state index in [1.165, 1.54) is 27.8 Å². The van der Waals surface area contributed by atoms with E-state index in [0.717, 1.165) is 16.1 Å². The van der Waals surface area contributed by atoms with E-state index in [0.29, 0.717) is 54.7 Å². The van der Waals surface area contributed by atoms with Gasteiger partial charge in [0.2, 0.25) is 10.0 Å². The first kappa shape index (κ1) is 27.7. The van der Waals surface area contributed by atoms with E-state index in [-0.39, 0.29) is 10.8 Å². The number of nitrogens with zero attached hydrogens (tertiary/aromatic N) is 5. The third-order valence-corrected chi connectivity index (χ3v) is 9.34. The highest BCUT2D eigenvalue weighted by Gasteiger charge is 2.25. The molecule has 202 valence electrons. The van der Waals surface area contributed by atoms with Crippen molar-refractivity contribution in [2.24, 2.45) is 0 Å². The molecule has 4 rings (SSSR count). The lowest BCUT2D eigenvalue weighted by Crippen LogP contribution is -2.34. The molecule has 11 heteroatoms. The number of benzene rings is 2. The summed E-state index contributed by atoms with van der Waals surface area (Å²) in [6.07, 6.45) is 0. The van der Waals surface area contributed by atoms with Crippen LogP contribution in [0.25, 0.3) is 10.2 Å². The number of thiazole rings is 1. The maximum Gasteiger partial charge on any atom is 0.260 e. The standard InChI is InChI=1S/C27H33N5O4S2/c1-6-30(7-2)38(34,35)22-14-12-21(13-15-22)26(33)31(16-17-32-20(5)18-19(4)29-32)27-28-25-23(36-8-3)10-9-11-24(25)37-27/h9-15,18H,6-8,16-17H2,1-5H3. The predicted molar refractivity (Wildman–Crippen MR) is 151 cm³/mol. The summed E-state index contributed by atoms with van der Waals surface area (Å²) in [5.74, 6) is 0.403. The first-order chi connectivity index (χ1) is 18.2. The molecule has 0 bridgehead atoms. The zero-order chi connectivity index (χ0) is 27.4. The Kier molecular flexibility index (Phi) is 8.49. The highest BCUT2D eigenvalue weighted by atomic mass is 32.2. The van der Waals surface area contributed by atoms with Crippen LogP contribution in [0.5, 0.6) is 5.75 Å². The minimum Gasteiger partial charge on any atom is -0.492 e. The fourth-order valence-corrected chi connectivity index (χ4v) is 6.78. The van der Waals surface area contributed by atoms with Crippen LogP contribution in [0.15, 0.2) is 53.4 Å². The second kappa shape index (κ2) is 11.6. The van der Waals surface area contributed by atoms with E-state index in [1.807, 2.05) is 49.7 Å². The van der Waals surface area contributed by atoms with E-state index in [4.69, 9.17) is 9.72 Å². The van der Waals surface area contributed by atoms with Gasteiger partial charge in [-0.2, -0.15) is 9.40 Å². The summed E-state index contributed by atoms with van der Waals surface area (Å²) in [4.78, 5) is 20.4. The van der Waals surface area contributed by atoms with Gasteiger partial charge in [0, 0.05) is 30.9 Å². The minimum atomic E-state index is -3.62. The van der Waals surface area contributed by atoms with Gasteiger partial charge >= 0.3 is 0 Å². The first-order valence-corrected chi connectivity index (χ1v) is 14.9. The zero-order valence-electron chi connectivity index (χ0n) is 22.3. The number of hydrogen-bond donors (Lipinski definition) is 0. The predicted octanol–water partition coefficient (Wildman–Crippen LogP) is 4.89. The number of ether oxygens (including phenoxy) is 1. The van der Waals surface area contributed by atoms with Gasteiger partial charge < -0.3 is 4.74 Å². The lowest BCUT2D eigenvalue weighted by Gasteiger charge is -2.21. The van der Waals surface area contributed by atoms with E-state index in [9.17, 15) is 13.2 Å². The van der Waals surface area contributed by atoms with Gasteiger partial charge in [-0.25, -0.2) is 13.4 Å². The molecule has 0 atom stereocenters. The number of anilines is 1. The van der Waals surface area contributed by atoms with Gasteiger partial charge in [0.05, 0.1) is 28.4 Å². The zero-order valence-corrected chi connectivity index (χ0v) is 24.0. The summed E-state index contributed by atoms with van der Waals surface area (Å²) in [7, 11) is -3.62. The lowest BCUT2D eigenvalue weighted by atomic mass is 10.2. The Morgan fingerprint density at radius 3 is 2.37 bits per heavy atom. The van der Waals surface area contributed by atoms with Crippen LogP contribution in [0.4, 0.5) is 5.13 Å². The quantitative estimate of drug-likeness (QED) is 0.262. The summed E-state index contributed by atoms with van der Waals surface area (Å²) >= 11 is 1.41. The third-order valence-electron chi connectivity index (χ3n) is 6.23. The molecule has 9 nitrogen and oxygen atoms in total. The molecule has 0 aliphatic heterocycles. The van der Waals surface area contributed by atoms with Crippen molar-refractivity contribution < 1.29 is 17.9 Å². The highest BCUT2D eigenvalue weighted by molar-refractivity contribution is 7.89. The third kappa shape index (κ3) is 5.59. The van der Waals surface area contributed by atoms with Crippen molar-refractivity contribution >= 4 is 42.6 Å². The number of para-hydroxylation sites is 1. The average molecular weight is 556 g/mol. The Morgan fingerprint density at radius 1 is 1.05 bits per heavy atom. The number of aryl methyl sites for hydroxylation is 2. The number of carbonyl (C=O) groups excluding carboxylic acids is 1. The Labute approximate surface area is 227 Å². The van der Waals surface area contributed by atoms with Crippen LogP contribution >= 0.6 is 11.3 Å². The minimum absolute atomic E-state index is 0.160. The fourth-order valence-electron chi connectivity index (χ4n) is 4.32. The summed E-state index contributed by atoms with van der Waals surface area (Å²) in [6.45, 7) is 11.5. The van der Waals surface area contributed by atoms with Crippen LogP contribution < -0.4 is 9.64 Å². The maximum atomic E-state index is 13.8. The number of fused-ring (bicyclic) bond motifs is 1. The van der Waals surface area contributed by atoms with E-state index < -0.39 is 10.0 Å². The molecule has 0 spiro atoms. The van der Waals surface area contributed by atoms with Crippen molar-refractivity contribution in [2.45, 2.75) is 46.1 Å². The molecule has 4 aromatic rings. The van der Waals surface area contributed by atoms with Gasteiger partial charge in [-0.05, 0) is 63.2 Å². The summed E-state index contributed by atoms with van der Waals surface area (Å²) < 4.78 is 35.7. The van der Waals surface area contributed by atoms with Crippen molar-refractivity contribution in [3.63, 3.8) is 0 Å². The first-order valence-electron chi connectivity index (χ1n) is 12.6. The Hall–Kier alpha value is -3.28. The number of amides is 1. The molecule has 0 saturated heterocycles. The summed E-state index contributed by atoms with van der Waals surface area (Å²) in [5, 5.41) is 5.07. The molecule has 38 heavy (non-hydrogen) atoms. The molecule has 2 heterocycles. The lowest BCUT2D eigenvalue weighted by molar-refractivity contribution is 0.0985. The van der Waals surface area contributed by atoms with Gasteiger partial charge in [0.1, 0.15) is 11.3 Å².